The summed E-state index contributed by atoms with van der Waals surface area (Å²) < 4.78 is 7.84. The van der Waals surface area contributed by atoms with Gasteiger partial charge in [-0.25, -0.2) is 4.98 Å². The summed E-state index contributed by atoms with van der Waals surface area (Å²) in [5.41, 5.74) is 3.34. The van der Waals surface area contributed by atoms with Gasteiger partial charge in [-0.1, -0.05) is 51.1 Å². The zero-order chi connectivity index (χ0) is 21.0. The lowest BCUT2D eigenvalue weighted by Crippen LogP contribution is -2.36. The molecule has 0 saturated heterocycles. The molecule has 0 aliphatic rings. The first kappa shape index (κ1) is 20.6. The molecule has 1 heterocycles. The molecule has 3 rings (SSSR count). The molecule has 3 aromatic rings. The van der Waals surface area contributed by atoms with Crippen molar-refractivity contribution in [3.8, 4) is 11.4 Å². The molecule has 0 fully saturated rings. The SMILES string of the molecule is Cc1nccn1-c1ccccc1CNC(=O)C(C)Oc1ccc(C(C)(C)C)cc1. The number of aromatic nitrogens is 2. The highest BCUT2D eigenvalue weighted by atomic mass is 16.5. The fraction of sp³-hybridized carbons (Fsp3) is 0.333. The second kappa shape index (κ2) is 8.52. The number of benzene rings is 2. The van der Waals surface area contributed by atoms with Crippen molar-refractivity contribution in [2.75, 3.05) is 0 Å². The average molecular weight is 392 g/mol. The number of rotatable bonds is 6. The van der Waals surface area contributed by atoms with Crippen molar-refractivity contribution in [2.24, 2.45) is 0 Å². The fourth-order valence-corrected chi connectivity index (χ4v) is 3.15. The summed E-state index contributed by atoms with van der Waals surface area (Å²) in [4.78, 5) is 16.8. The van der Waals surface area contributed by atoms with Crippen LogP contribution in [-0.2, 0) is 16.8 Å². The van der Waals surface area contributed by atoms with Gasteiger partial charge in [0.15, 0.2) is 6.10 Å². The van der Waals surface area contributed by atoms with Crippen molar-refractivity contribution in [2.45, 2.75) is 52.7 Å². The molecule has 152 valence electrons. The highest BCUT2D eigenvalue weighted by Crippen LogP contribution is 2.24. The molecule has 0 radical (unpaired) electrons. The third-order valence-corrected chi connectivity index (χ3v) is 4.93. The molecule has 0 bridgehead atoms. The van der Waals surface area contributed by atoms with Gasteiger partial charge in [0, 0.05) is 18.9 Å². The quantitative estimate of drug-likeness (QED) is 0.670. The maximum absolute atomic E-state index is 12.6. The second-order valence-corrected chi connectivity index (χ2v) is 8.23. The summed E-state index contributed by atoms with van der Waals surface area (Å²) in [7, 11) is 0. The summed E-state index contributed by atoms with van der Waals surface area (Å²) in [5.74, 6) is 1.44. The van der Waals surface area contributed by atoms with E-state index < -0.39 is 6.10 Å². The minimum absolute atomic E-state index is 0.0858. The summed E-state index contributed by atoms with van der Waals surface area (Å²) in [6, 6.07) is 15.9. The number of ether oxygens (including phenoxy) is 1. The lowest BCUT2D eigenvalue weighted by atomic mass is 9.87. The molecule has 0 aliphatic heterocycles. The van der Waals surface area contributed by atoms with Gasteiger partial charge in [0.05, 0.1) is 5.69 Å². The van der Waals surface area contributed by atoms with Gasteiger partial charge in [-0.05, 0) is 48.6 Å². The Kier molecular flexibility index (Phi) is 6.06. The van der Waals surface area contributed by atoms with Crippen molar-refractivity contribution in [3.05, 3.63) is 77.9 Å². The fourth-order valence-electron chi connectivity index (χ4n) is 3.15. The van der Waals surface area contributed by atoms with E-state index >= 15 is 0 Å². The number of amides is 1. The van der Waals surface area contributed by atoms with Gasteiger partial charge in [0.2, 0.25) is 0 Å². The molecule has 2 aromatic carbocycles. The lowest BCUT2D eigenvalue weighted by molar-refractivity contribution is -0.127. The first-order valence-electron chi connectivity index (χ1n) is 9.89. The van der Waals surface area contributed by atoms with Crippen molar-refractivity contribution >= 4 is 5.91 Å². The highest BCUT2D eigenvalue weighted by molar-refractivity contribution is 5.80. The van der Waals surface area contributed by atoms with Gasteiger partial charge in [-0.15, -0.1) is 0 Å². The Morgan fingerprint density at radius 2 is 1.83 bits per heavy atom. The smallest absolute Gasteiger partial charge is 0.261 e. The lowest BCUT2D eigenvalue weighted by Gasteiger charge is -2.20. The van der Waals surface area contributed by atoms with E-state index in [4.69, 9.17) is 4.74 Å². The minimum atomic E-state index is -0.586. The number of nitrogens with one attached hydrogen (secondary N) is 1. The maximum Gasteiger partial charge on any atom is 0.261 e. The molecule has 29 heavy (non-hydrogen) atoms. The summed E-state index contributed by atoms with van der Waals surface area (Å²) in [5, 5.41) is 2.98. The van der Waals surface area contributed by atoms with Crippen LogP contribution in [0, 0.1) is 6.92 Å². The van der Waals surface area contributed by atoms with E-state index in [0.29, 0.717) is 12.3 Å². The van der Waals surface area contributed by atoms with Crippen LogP contribution in [0.2, 0.25) is 0 Å². The van der Waals surface area contributed by atoms with Crippen LogP contribution in [0.4, 0.5) is 0 Å². The number of hydrogen-bond acceptors (Lipinski definition) is 3. The topological polar surface area (TPSA) is 56.2 Å². The van der Waals surface area contributed by atoms with Gasteiger partial charge >= 0.3 is 0 Å². The van der Waals surface area contributed by atoms with Crippen molar-refractivity contribution in [3.63, 3.8) is 0 Å². The number of para-hydroxylation sites is 1. The van der Waals surface area contributed by atoms with Gasteiger partial charge in [0.1, 0.15) is 11.6 Å². The standard InChI is InChI=1S/C24H29N3O2/c1-17(29-21-12-10-20(11-13-21)24(3,4)5)23(28)26-16-19-8-6-7-9-22(19)27-15-14-25-18(27)2/h6-15,17H,16H2,1-5H3,(H,26,28). The number of carbonyl (C=O) groups excluding carboxylic acids is 1. The van der Waals surface area contributed by atoms with Crippen LogP contribution >= 0.6 is 0 Å². The summed E-state index contributed by atoms with van der Waals surface area (Å²) >= 11 is 0. The third-order valence-electron chi connectivity index (χ3n) is 4.93. The zero-order valence-electron chi connectivity index (χ0n) is 17.8. The predicted molar refractivity (Wildman–Crippen MR) is 115 cm³/mol. The molecule has 1 unspecified atom stereocenters. The van der Waals surface area contributed by atoms with Crippen molar-refractivity contribution in [1.82, 2.24) is 14.9 Å². The second-order valence-electron chi connectivity index (χ2n) is 8.23. The highest BCUT2D eigenvalue weighted by Gasteiger charge is 2.17. The molecular weight excluding hydrogens is 362 g/mol. The van der Waals surface area contributed by atoms with Crippen LogP contribution in [0.3, 0.4) is 0 Å². The zero-order valence-corrected chi connectivity index (χ0v) is 17.8. The molecular formula is C24H29N3O2. The van der Waals surface area contributed by atoms with Crippen molar-refractivity contribution < 1.29 is 9.53 Å². The first-order chi connectivity index (χ1) is 13.8. The average Bonchev–Trinajstić information content (AvgIpc) is 3.11. The van der Waals surface area contributed by atoms with Crippen LogP contribution in [-0.4, -0.2) is 21.6 Å². The largest absolute Gasteiger partial charge is 0.481 e. The van der Waals surface area contributed by atoms with Crippen LogP contribution < -0.4 is 10.1 Å². The molecule has 1 amide bonds. The Labute approximate surface area is 172 Å². The van der Waals surface area contributed by atoms with Gasteiger partial charge in [-0.2, -0.15) is 0 Å². The molecule has 0 saturated carbocycles. The minimum Gasteiger partial charge on any atom is -0.481 e. The van der Waals surface area contributed by atoms with Crippen LogP contribution in [0.15, 0.2) is 60.9 Å². The molecule has 0 spiro atoms. The molecule has 5 nitrogen and oxygen atoms in total. The van der Waals surface area contributed by atoms with E-state index in [1.54, 1.807) is 13.1 Å². The molecule has 1 N–H and O–H groups in total. The number of aryl methyl sites for hydroxylation is 1. The molecule has 1 atom stereocenters. The molecule has 0 aliphatic carbocycles. The Morgan fingerprint density at radius 1 is 1.14 bits per heavy atom. The summed E-state index contributed by atoms with van der Waals surface area (Å²) in [6.45, 7) is 10.6. The van der Waals surface area contributed by atoms with Gasteiger partial charge in [-0.3, -0.25) is 4.79 Å². The molecule has 5 heteroatoms. The number of imidazole rings is 1. The van der Waals surface area contributed by atoms with Gasteiger partial charge < -0.3 is 14.6 Å². The third kappa shape index (κ3) is 5.05. The normalized spacial score (nSPS) is 12.4. The predicted octanol–water partition coefficient (Wildman–Crippen LogP) is 4.56. The monoisotopic (exact) mass is 391 g/mol. The Bertz CT molecular complexity index is 968. The van der Waals surface area contributed by atoms with E-state index in [9.17, 15) is 4.79 Å². The molecule has 1 aromatic heterocycles. The number of nitrogens with zero attached hydrogens (tertiary/aromatic N) is 2. The number of hydrogen-bond donors (Lipinski definition) is 1. The van der Waals surface area contributed by atoms with Crippen LogP contribution in [0.5, 0.6) is 5.75 Å². The maximum atomic E-state index is 12.6. The Morgan fingerprint density at radius 3 is 2.45 bits per heavy atom. The van der Waals surface area contributed by atoms with E-state index in [-0.39, 0.29) is 11.3 Å². The van der Waals surface area contributed by atoms with Crippen molar-refractivity contribution in [1.29, 1.82) is 0 Å². The summed E-state index contributed by atoms with van der Waals surface area (Å²) in [6.07, 6.45) is 3.10. The first-order valence-corrected chi connectivity index (χ1v) is 9.89. The number of carbonyl (C=O) groups is 1. The van der Waals surface area contributed by atoms with E-state index in [0.717, 1.165) is 17.1 Å². The van der Waals surface area contributed by atoms with Gasteiger partial charge in [0.25, 0.3) is 5.91 Å². The van der Waals surface area contributed by atoms with E-state index in [1.165, 1.54) is 5.56 Å². The Hall–Kier alpha value is -3.08. The van der Waals surface area contributed by atoms with E-state index in [2.05, 4.69) is 31.1 Å². The van der Waals surface area contributed by atoms with Crippen LogP contribution in [0.25, 0.3) is 5.69 Å². The van der Waals surface area contributed by atoms with E-state index in [1.807, 2.05) is 66.2 Å². The Balaban J connectivity index is 1.62. The van der Waals surface area contributed by atoms with Crippen LogP contribution in [0.1, 0.15) is 44.6 Å².